The predicted molar refractivity (Wildman–Crippen MR) is 139 cm³/mol. The normalized spacial score (nSPS) is 23.0. The lowest BCUT2D eigenvalue weighted by atomic mass is 9.68. The van der Waals surface area contributed by atoms with Crippen molar-refractivity contribution in [3.05, 3.63) is 70.0 Å². The van der Waals surface area contributed by atoms with Crippen molar-refractivity contribution in [2.24, 2.45) is 17.8 Å². The molecule has 0 radical (unpaired) electrons. The summed E-state index contributed by atoms with van der Waals surface area (Å²) in [6.07, 6.45) is 3.59. The van der Waals surface area contributed by atoms with Gasteiger partial charge in [0.15, 0.2) is 0 Å². The van der Waals surface area contributed by atoms with Gasteiger partial charge in [0.25, 0.3) is 0 Å². The van der Waals surface area contributed by atoms with Crippen LogP contribution in [0, 0.1) is 17.8 Å². The number of aromatic hydroxyl groups is 1. The van der Waals surface area contributed by atoms with E-state index in [0.717, 1.165) is 16.0 Å². The van der Waals surface area contributed by atoms with E-state index in [1.807, 2.05) is 24.3 Å². The minimum Gasteiger partial charge on any atom is -0.508 e. The summed E-state index contributed by atoms with van der Waals surface area (Å²) >= 11 is 6.34. The molecular formula is C28H31ClN2O6. The Labute approximate surface area is 220 Å². The molecule has 0 bridgehead atoms. The summed E-state index contributed by atoms with van der Waals surface area (Å²) < 4.78 is 5.37. The molecule has 2 amide bonds. The van der Waals surface area contributed by atoms with E-state index in [2.05, 4.69) is 4.98 Å². The maximum atomic E-state index is 12.9. The second kappa shape index (κ2) is 11.6. The van der Waals surface area contributed by atoms with Crippen molar-refractivity contribution in [3.8, 4) is 5.75 Å². The molecule has 8 nitrogen and oxygen atoms in total. The quantitative estimate of drug-likeness (QED) is 0.338. The average Bonchev–Trinajstić information content (AvgIpc) is 3.11. The van der Waals surface area contributed by atoms with Crippen LogP contribution in [-0.2, 0) is 14.3 Å². The van der Waals surface area contributed by atoms with Crippen molar-refractivity contribution < 1.29 is 29.6 Å². The number of hydrogen-bond donors (Lipinski definition) is 3. The summed E-state index contributed by atoms with van der Waals surface area (Å²) in [6, 6.07) is 10.3. The molecule has 1 aliphatic heterocycles. The number of likely N-dealkylation sites (tertiary alicyclic amines) is 1. The smallest absolute Gasteiger partial charge is 0.233 e. The summed E-state index contributed by atoms with van der Waals surface area (Å²) in [5.41, 5.74) is 3.55. The van der Waals surface area contributed by atoms with Crippen LogP contribution in [0.25, 0.3) is 11.6 Å². The average molecular weight is 527 g/mol. The number of carbonyl (C=O) groups excluding carboxylic acids is 2. The molecule has 0 spiro atoms. The summed E-state index contributed by atoms with van der Waals surface area (Å²) in [7, 11) is 3.00. The first kappa shape index (κ1) is 27.0. The van der Waals surface area contributed by atoms with Crippen molar-refractivity contribution in [2.45, 2.75) is 25.4 Å². The van der Waals surface area contributed by atoms with E-state index in [1.165, 1.54) is 20.2 Å². The molecule has 3 N–H and O–H groups in total. The third-order valence-corrected chi connectivity index (χ3v) is 7.60. The van der Waals surface area contributed by atoms with E-state index >= 15 is 0 Å². The van der Waals surface area contributed by atoms with Gasteiger partial charge in [-0.1, -0.05) is 17.7 Å². The lowest BCUT2D eigenvalue weighted by Crippen LogP contribution is -2.39. The molecule has 9 heteroatoms. The number of fused-ring (bicyclic) bond motifs is 1. The van der Waals surface area contributed by atoms with Gasteiger partial charge in [0, 0.05) is 26.3 Å². The number of aliphatic hydroxyl groups is 2. The zero-order valence-electron chi connectivity index (χ0n) is 20.8. The highest BCUT2D eigenvalue weighted by atomic mass is 35.5. The van der Waals surface area contributed by atoms with Gasteiger partial charge in [-0.3, -0.25) is 19.5 Å². The SMILES string of the molecule is COCC1=C([C@H](O)CC/C(=C/c2ccc(O)cc2Cl)c2ccccn2)[C@H](CO)[C@@H]2C(=O)N(C)C(=O)[C@@H]2C1. The third-order valence-electron chi connectivity index (χ3n) is 7.27. The highest BCUT2D eigenvalue weighted by Gasteiger charge is 2.53. The Morgan fingerprint density at radius 2 is 2.05 bits per heavy atom. The van der Waals surface area contributed by atoms with Crippen LogP contribution < -0.4 is 0 Å². The number of phenols is 1. The van der Waals surface area contributed by atoms with Crippen LogP contribution in [0.15, 0.2) is 53.7 Å². The lowest BCUT2D eigenvalue weighted by molar-refractivity contribution is -0.138. The minimum absolute atomic E-state index is 0.0609. The molecule has 2 aromatic rings. The first-order valence-corrected chi connectivity index (χ1v) is 12.6. The van der Waals surface area contributed by atoms with Gasteiger partial charge in [-0.15, -0.1) is 0 Å². The van der Waals surface area contributed by atoms with E-state index in [1.54, 1.807) is 18.3 Å². The van der Waals surface area contributed by atoms with E-state index in [0.29, 0.717) is 34.7 Å². The number of pyridine rings is 1. The maximum Gasteiger partial charge on any atom is 0.233 e. The highest BCUT2D eigenvalue weighted by Crippen LogP contribution is 2.46. The number of carbonyl (C=O) groups is 2. The van der Waals surface area contributed by atoms with Crippen molar-refractivity contribution in [2.75, 3.05) is 27.4 Å². The molecule has 4 atom stereocenters. The Kier molecular flexibility index (Phi) is 8.44. The van der Waals surface area contributed by atoms with Gasteiger partial charge < -0.3 is 20.1 Å². The highest BCUT2D eigenvalue weighted by molar-refractivity contribution is 6.32. The van der Waals surface area contributed by atoms with Gasteiger partial charge in [-0.05, 0) is 78.0 Å². The number of ether oxygens (including phenoxy) is 1. The molecule has 1 aliphatic carbocycles. The second-order valence-corrected chi connectivity index (χ2v) is 9.90. The molecule has 0 saturated carbocycles. The Morgan fingerprint density at radius 1 is 1.27 bits per heavy atom. The van der Waals surface area contributed by atoms with E-state index in [9.17, 15) is 24.9 Å². The van der Waals surface area contributed by atoms with Crippen LogP contribution in [0.2, 0.25) is 5.02 Å². The largest absolute Gasteiger partial charge is 0.508 e. The Hall–Kier alpha value is -3.04. The van der Waals surface area contributed by atoms with Crippen LogP contribution in [0.3, 0.4) is 0 Å². The number of halogens is 1. The number of phenolic OH excluding ortho intramolecular Hbond substituents is 1. The molecule has 4 rings (SSSR count). The predicted octanol–water partition coefficient (Wildman–Crippen LogP) is 3.31. The Balaban J connectivity index is 1.65. The van der Waals surface area contributed by atoms with Crippen molar-refractivity contribution in [3.63, 3.8) is 0 Å². The number of methoxy groups -OCH3 is 1. The molecule has 196 valence electrons. The van der Waals surface area contributed by atoms with Crippen LogP contribution in [0.5, 0.6) is 5.75 Å². The summed E-state index contributed by atoms with van der Waals surface area (Å²) in [6.45, 7) is -0.164. The Morgan fingerprint density at radius 3 is 2.70 bits per heavy atom. The van der Waals surface area contributed by atoms with Crippen LogP contribution >= 0.6 is 11.6 Å². The number of allylic oxidation sites excluding steroid dienone is 1. The zero-order valence-corrected chi connectivity index (χ0v) is 21.6. The van der Waals surface area contributed by atoms with Gasteiger partial charge in [0.05, 0.1) is 41.9 Å². The monoisotopic (exact) mass is 526 g/mol. The molecule has 1 aromatic carbocycles. The number of amides is 2. The number of aliphatic hydroxyl groups excluding tert-OH is 2. The molecular weight excluding hydrogens is 496 g/mol. The fourth-order valence-electron chi connectivity index (χ4n) is 5.52. The molecule has 0 unspecified atom stereocenters. The number of imide groups is 1. The van der Waals surface area contributed by atoms with Crippen LogP contribution in [-0.4, -0.2) is 70.5 Å². The first-order chi connectivity index (χ1) is 17.8. The molecule has 1 aromatic heterocycles. The van der Waals surface area contributed by atoms with Gasteiger partial charge >= 0.3 is 0 Å². The number of rotatable bonds is 9. The van der Waals surface area contributed by atoms with Crippen LogP contribution in [0.1, 0.15) is 30.5 Å². The maximum absolute atomic E-state index is 12.9. The molecule has 1 fully saturated rings. The van der Waals surface area contributed by atoms with Gasteiger partial charge in [0.2, 0.25) is 11.8 Å². The summed E-state index contributed by atoms with van der Waals surface area (Å²) in [5, 5.41) is 31.8. The Bertz CT molecular complexity index is 1230. The second-order valence-electron chi connectivity index (χ2n) is 9.50. The number of nitrogens with zero attached hydrogens (tertiary/aromatic N) is 2. The number of benzene rings is 1. The zero-order chi connectivity index (χ0) is 26.7. The minimum atomic E-state index is -0.973. The van der Waals surface area contributed by atoms with E-state index < -0.39 is 23.9 Å². The van der Waals surface area contributed by atoms with Gasteiger partial charge in [-0.25, -0.2) is 0 Å². The van der Waals surface area contributed by atoms with Gasteiger partial charge in [0.1, 0.15) is 5.75 Å². The van der Waals surface area contributed by atoms with Crippen molar-refractivity contribution >= 4 is 35.1 Å². The fourth-order valence-corrected chi connectivity index (χ4v) is 5.75. The topological polar surface area (TPSA) is 120 Å². The number of aromatic nitrogens is 1. The standard InChI is InChI=1S/C28H31ClN2O6/c1-31-27(35)20-12-18(15-37-2)25(21(14-32)26(20)28(31)36)24(34)9-7-17(23-5-3-4-10-30-23)11-16-6-8-19(33)13-22(16)29/h3-6,8,10-11,13,20-21,24,26,32-34H,7,9,12,14-15H2,1-2H3/b17-11-/t20-,21+,24-,26-/m1/s1. The molecule has 2 heterocycles. The van der Waals surface area contributed by atoms with Crippen LogP contribution in [0.4, 0.5) is 0 Å². The molecule has 2 aliphatic rings. The van der Waals surface area contributed by atoms with Crippen molar-refractivity contribution in [1.29, 1.82) is 0 Å². The number of hydrogen-bond acceptors (Lipinski definition) is 7. The first-order valence-electron chi connectivity index (χ1n) is 12.2. The van der Waals surface area contributed by atoms with E-state index in [4.69, 9.17) is 16.3 Å². The fraction of sp³-hybridized carbons (Fsp3) is 0.393. The molecule has 37 heavy (non-hydrogen) atoms. The van der Waals surface area contributed by atoms with E-state index in [-0.39, 0.29) is 37.2 Å². The lowest BCUT2D eigenvalue weighted by Gasteiger charge is -2.36. The summed E-state index contributed by atoms with van der Waals surface area (Å²) in [5.74, 6) is -2.46. The summed E-state index contributed by atoms with van der Waals surface area (Å²) in [4.78, 5) is 31.1. The van der Waals surface area contributed by atoms with Crippen molar-refractivity contribution in [1.82, 2.24) is 9.88 Å². The third kappa shape index (κ3) is 5.48. The molecule has 1 saturated heterocycles. The van der Waals surface area contributed by atoms with Gasteiger partial charge in [-0.2, -0.15) is 0 Å².